The van der Waals surface area contributed by atoms with E-state index >= 15 is 0 Å². The highest BCUT2D eigenvalue weighted by atomic mass is 35.5. The van der Waals surface area contributed by atoms with Crippen LogP contribution in [0.4, 0.5) is 0 Å². The van der Waals surface area contributed by atoms with Gasteiger partial charge in [0.1, 0.15) is 6.17 Å². The molecule has 32 heavy (non-hydrogen) atoms. The molecule has 1 N–H and O–H groups in total. The number of hydrogen-bond acceptors (Lipinski definition) is 5. The van der Waals surface area contributed by atoms with Crippen molar-refractivity contribution < 1.29 is 0 Å². The summed E-state index contributed by atoms with van der Waals surface area (Å²) in [6, 6.07) is 0.393. The Morgan fingerprint density at radius 2 is 2.12 bits per heavy atom. The second kappa shape index (κ2) is 9.07. The van der Waals surface area contributed by atoms with E-state index in [9.17, 15) is 0 Å². The Morgan fingerprint density at radius 3 is 2.88 bits per heavy atom. The summed E-state index contributed by atoms with van der Waals surface area (Å²) in [6.07, 6.45) is 23.0. The lowest BCUT2D eigenvalue weighted by molar-refractivity contribution is 0.426. The number of allylic oxidation sites excluding steroid dienone is 8. The molecule has 0 saturated heterocycles. The molecule has 0 bridgehead atoms. The predicted octanol–water partition coefficient (Wildman–Crippen LogP) is 5.56. The molecule has 5 rings (SSSR count). The van der Waals surface area contributed by atoms with Gasteiger partial charge in [0.25, 0.3) is 0 Å². The second-order valence-corrected chi connectivity index (χ2v) is 9.50. The molecule has 0 amide bonds. The van der Waals surface area contributed by atoms with Crippen molar-refractivity contribution in [2.75, 3.05) is 0 Å². The van der Waals surface area contributed by atoms with Gasteiger partial charge in [-0.1, -0.05) is 23.8 Å². The van der Waals surface area contributed by atoms with Gasteiger partial charge in [-0.3, -0.25) is 15.0 Å². The van der Waals surface area contributed by atoms with E-state index in [2.05, 4.69) is 59.4 Å². The van der Waals surface area contributed by atoms with Gasteiger partial charge >= 0.3 is 0 Å². The van der Waals surface area contributed by atoms with Crippen LogP contribution >= 0.6 is 11.6 Å². The summed E-state index contributed by atoms with van der Waals surface area (Å²) in [7, 11) is 0. The zero-order chi connectivity index (χ0) is 22.1. The maximum absolute atomic E-state index is 6.28. The number of dihydropyridines is 1. The van der Waals surface area contributed by atoms with Crippen molar-refractivity contribution in [2.24, 2.45) is 15.0 Å². The average Bonchev–Trinajstić information content (AvgIpc) is 2.79. The van der Waals surface area contributed by atoms with Crippen LogP contribution < -0.4 is 5.32 Å². The predicted molar refractivity (Wildman–Crippen MR) is 134 cm³/mol. The quantitative estimate of drug-likeness (QED) is 0.574. The smallest absolute Gasteiger partial charge is 0.122 e. The van der Waals surface area contributed by atoms with Gasteiger partial charge in [-0.05, 0) is 76.3 Å². The van der Waals surface area contributed by atoms with Gasteiger partial charge in [0.05, 0.1) is 28.9 Å². The molecule has 5 nitrogen and oxygen atoms in total. The molecular weight excluding hydrogens is 418 g/mol. The maximum atomic E-state index is 6.28. The van der Waals surface area contributed by atoms with Crippen molar-refractivity contribution in [3.63, 3.8) is 0 Å². The summed E-state index contributed by atoms with van der Waals surface area (Å²) in [5.74, 6) is 0. The molecule has 0 saturated carbocycles. The molecule has 166 valence electrons. The SMILES string of the molecule is CC(C)/N=C1\C=C2C(=NC3CCCC=C3N2C2=CC=C(Cl)CC2)C=C1NC1CC=CC=N1. The lowest BCUT2D eigenvalue weighted by Gasteiger charge is -2.42. The molecule has 2 aliphatic heterocycles. The number of hydrogen-bond donors (Lipinski definition) is 1. The van der Waals surface area contributed by atoms with E-state index in [1.54, 1.807) is 0 Å². The van der Waals surface area contributed by atoms with Gasteiger partial charge in [-0.15, -0.1) is 0 Å². The van der Waals surface area contributed by atoms with Crippen LogP contribution in [0, 0.1) is 0 Å². The molecule has 3 aliphatic carbocycles. The highest BCUT2D eigenvalue weighted by molar-refractivity contribution is 6.29. The van der Waals surface area contributed by atoms with Crippen molar-refractivity contribution >= 4 is 29.2 Å². The lowest BCUT2D eigenvalue weighted by atomic mass is 9.91. The van der Waals surface area contributed by atoms with E-state index in [-0.39, 0.29) is 18.2 Å². The fourth-order valence-electron chi connectivity index (χ4n) is 4.74. The third-order valence-electron chi connectivity index (χ3n) is 6.19. The Labute approximate surface area is 195 Å². The largest absolute Gasteiger partial charge is 0.362 e. The van der Waals surface area contributed by atoms with Gasteiger partial charge in [0, 0.05) is 35.1 Å². The van der Waals surface area contributed by atoms with Crippen LogP contribution in [0.5, 0.6) is 0 Å². The standard InChI is InChI=1S/C26H30ClN5/c1-17(2)29-22-16-25-23(15-21(22)31-26-9-5-6-14-28-26)30-20-7-3-4-8-24(20)32(25)19-12-10-18(27)11-13-19/h5-6,8,10,12,14-17,20,26,31H,3-4,7,9,11,13H2,1-2H3/b29-22+. The van der Waals surface area contributed by atoms with Crippen molar-refractivity contribution in [3.05, 3.63) is 70.4 Å². The van der Waals surface area contributed by atoms with Crippen LogP contribution in [-0.2, 0) is 0 Å². The van der Waals surface area contributed by atoms with Crippen molar-refractivity contribution in [2.45, 2.75) is 70.6 Å². The first-order valence-electron chi connectivity index (χ1n) is 11.7. The lowest BCUT2D eigenvalue weighted by Crippen LogP contribution is -2.41. The Balaban J connectivity index is 1.58. The number of nitrogens with one attached hydrogen (secondary N) is 1. The van der Waals surface area contributed by atoms with Gasteiger partial charge in [-0.2, -0.15) is 0 Å². The third-order valence-corrected chi connectivity index (χ3v) is 6.51. The molecule has 0 aromatic rings. The number of fused-ring (bicyclic) bond motifs is 2. The second-order valence-electron chi connectivity index (χ2n) is 9.01. The monoisotopic (exact) mass is 447 g/mol. The van der Waals surface area contributed by atoms with Gasteiger partial charge in [0.2, 0.25) is 0 Å². The Bertz CT molecular complexity index is 1060. The fraction of sp³-hybridized carbons (Fsp3) is 0.423. The molecule has 0 aromatic carbocycles. The van der Waals surface area contributed by atoms with E-state index in [0.29, 0.717) is 0 Å². The van der Waals surface area contributed by atoms with Crippen molar-refractivity contribution in [1.29, 1.82) is 0 Å². The van der Waals surface area contributed by atoms with Crippen LogP contribution in [0.2, 0.25) is 0 Å². The van der Waals surface area contributed by atoms with Crippen LogP contribution in [-0.4, -0.2) is 40.8 Å². The molecule has 0 radical (unpaired) electrons. The van der Waals surface area contributed by atoms with Crippen LogP contribution in [0.15, 0.2) is 85.3 Å². The average molecular weight is 448 g/mol. The summed E-state index contributed by atoms with van der Waals surface area (Å²) in [5.41, 5.74) is 6.69. The minimum atomic E-state index is 0.0253. The summed E-state index contributed by atoms with van der Waals surface area (Å²) >= 11 is 6.28. The molecule has 2 atom stereocenters. The summed E-state index contributed by atoms with van der Waals surface area (Å²) in [5, 5.41) is 4.52. The maximum Gasteiger partial charge on any atom is 0.122 e. The van der Waals surface area contributed by atoms with E-state index in [1.807, 2.05) is 18.4 Å². The molecule has 0 fully saturated rings. The number of rotatable bonds is 4. The Hall–Kier alpha value is -2.66. The zero-order valence-electron chi connectivity index (χ0n) is 18.8. The normalized spacial score (nSPS) is 28.2. The van der Waals surface area contributed by atoms with Gasteiger partial charge in [0.15, 0.2) is 0 Å². The minimum absolute atomic E-state index is 0.0253. The molecular formula is C26H30ClN5. The first-order valence-corrected chi connectivity index (χ1v) is 12.1. The summed E-state index contributed by atoms with van der Waals surface area (Å²) in [4.78, 5) is 17.1. The minimum Gasteiger partial charge on any atom is -0.362 e. The van der Waals surface area contributed by atoms with E-state index in [4.69, 9.17) is 21.6 Å². The van der Waals surface area contributed by atoms with E-state index in [1.165, 1.54) is 17.8 Å². The summed E-state index contributed by atoms with van der Waals surface area (Å²) < 4.78 is 0. The van der Waals surface area contributed by atoms with E-state index in [0.717, 1.165) is 60.0 Å². The third kappa shape index (κ3) is 4.31. The Morgan fingerprint density at radius 1 is 1.22 bits per heavy atom. The van der Waals surface area contributed by atoms with Gasteiger partial charge < -0.3 is 10.2 Å². The first-order chi connectivity index (χ1) is 15.6. The zero-order valence-corrected chi connectivity index (χ0v) is 19.5. The highest BCUT2D eigenvalue weighted by Gasteiger charge is 2.35. The van der Waals surface area contributed by atoms with Crippen molar-refractivity contribution in [1.82, 2.24) is 10.2 Å². The number of halogens is 1. The Kier molecular flexibility index (Phi) is 6.01. The van der Waals surface area contributed by atoms with Crippen LogP contribution in [0.25, 0.3) is 0 Å². The van der Waals surface area contributed by atoms with Gasteiger partial charge in [-0.25, -0.2) is 0 Å². The molecule has 0 aromatic heterocycles. The highest BCUT2D eigenvalue weighted by Crippen LogP contribution is 2.39. The number of nitrogens with zero attached hydrogens (tertiary/aromatic N) is 4. The number of aliphatic imine (C=N–C) groups is 3. The van der Waals surface area contributed by atoms with Crippen molar-refractivity contribution in [3.8, 4) is 0 Å². The van der Waals surface area contributed by atoms with Crippen LogP contribution in [0.3, 0.4) is 0 Å². The first kappa shape index (κ1) is 21.2. The summed E-state index contributed by atoms with van der Waals surface area (Å²) in [6.45, 7) is 4.23. The topological polar surface area (TPSA) is 52.4 Å². The molecule has 6 heteroatoms. The molecule has 2 heterocycles. The fourth-order valence-corrected chi connectivity index (χ4v) is 4.90. The molecule has 2 unspecified atom stereocenters. The van der Waals surface area contributed by atoms with E-state index < -0.39 is 0 Å². The molecule has 5 aliphatic rings. The molecule has 0 spiro atoms. The van der Waals surface area contributed by atoms with Crippen LogP contribution in [0.1, 0.15) is 52.4 Å².